The molecule has 4 N–H and O–H groups in total. The molecule has 0 bridgehead atoms. The molecular weight excluding hydrogens is 1000 g/mol. The van der Waals surface area contributed by atoms with Crippen molar-refractivity contribution in [3.8, 4) is 23.0 Å². The number of sulfonamides is 1. The third-order valence-corrected chi connectivity index (χ3v) is 18.0. The van der Waals surface area contributed by atoms with Crippen LogP contribution in [0, 0.1) is 27.3 Å². The van der Waals surface area contributed by atoms with Crippen molar-refractivity contribution in [3.63, 3.8) is 0 Å². The third-order valence-electron chi connectivity index (χ3n) is 16.7. The number of ether oxygens (including phenoxy) is 3. The van der Waals surface area contributed by atoms with E-state index in [4.69, 9.17) is 14.2 Å². The molecule has 2 aliphatic carbocycles. The van der Waals surface area contributed by atoms with E-state index in [1.165, 1.54) is 53.3 Å². The molecule has 19 heteroatoms. The number of hydrogen-bond acceptors (Lipinski definition) is 14. The smallest absolute Gasteiger partial charge is 0.293 e. The second kappa shape index (κ2) is 21.9. The number of nitrogens with one attached hydrogen (secondary N) is 3. The first kappa shape index (κ1) is 53.6. The molecule has 17 nitrogen and oxygen atoms in total. The molecule has 1 atom stereocenters. The summed E-state index contributed by atoms with van der Waals surface area (Å²) in [6, 6.07) is 25.6. The largest absolute Gasteiger partial charge is 0.493 e. The number of carbonyl (C=O) groups excluding carboxylic acids is 1. The zero-order valence-corrected chi connectivity index (χ0v) is 45.2. The molecule has 4 aromatic carbocycles. The minimum atomic E-state index is -4.65. The number of amides is 1. The minimum absolute atomic E-state index is 0.0176. The number of methoxy groups -OCH3 is 2. The second-order valence-corrected chi connectivity index (χ2v) is 23.9. The van der Waals surface area contributed by atoms with Gasteiger partial charge in [0.2, 0.25) is 0 Å². The summed E-state index contributed by atoms with van der Waals surface area (Å²) in [4.78, 5) is 39.9. The Balaban J connectivity index is 0.838. The van der Waals surface area contributed by atoms with E-state index in [0.717, 1.165) is 95.3 Å². The van der Waals surface area contributed by atoms with Gasteiger partial charge in [0, 0.05) is 81.9 Å². The van der Waals surface area contributed by atoms with Gasteiger partial charge in [-0.3, -0.25) is 24.7 Å². The summed E-state index contributed by atoms with van der Waals surface area (Å²) in [7, 11) is -1.33. The fraction of sp³-hybridized carbons (Fsp3) is 0.448. The van der Waals surface area contributed by atoms with Crippen LogP contribution >= 0.6 is 0 Å². The van der Waals surface area contributed by atoms with Crippen LogP contribution in [0.3, 0.4) is 0 Å². The van der Waals surface area contributed by atoms with Gasteiger partial charge >= 0.3 is 0 Å². The average molecular weight is 1070 g/mol. The number of hydrogen-bond donors (Lipinski definition) is 4. The highest BCUT2D eigenvalue weighted by Crippen LogP contribution is 2.53. The first-order valence-corrected chi connectivity index (χ1v) is 28.2. The van der Waals surface area contributed by atoms with E-state index >= 15 is 0 Å². The molecule has 0 unspecified atom stereocenters. The molecule has 6 aromatic rings. The first-order chi connectivity index (χ1) is 36.9. The van der Waals surface area contributed by atoms with Gasteiger partial charge in [-0.05, 0) is 135 Å². The maximum Gasteiger partial charge on any atom is 0.293 e. The molecule has 77 heavy (non-hydrogen) atoms. The van der Waals surface area contributed by atoms with E-state index in [0.29, 0.717) is 42.7 Å². The van der Waals surface area contributed by atoms with Gasteiger partial charge in [-0.2, -0.15) is 0 Å². The number of aliphatic hydroxyl groups is 1. The van der Waals surface area contributed by atoms with E-state index in [9.17, 15) is 32.8 Å². The van der Waals surface area contributed by atoms with Crippen LogP contribution in [0.1, 0.15) is 111 Å². The Kier molecular flexibility index (Phi) is 15.3. The Bertz CT molecular complexity index is 3250. The number of fused-ring (bicyclic) bond motifs is 1. The fourth-order valence-corrected chi connectivity index (χ4v) is 13.2. The number of benzene rings is 4. The molecule has 408 valence electrons. The lowest BCUT2D eigenvalue weighted by atomic mass is 9.59. The fourth-order valence-electron chi connectivity index (χ4n) is 12.2. The van der Waals surface area contributed by atoms with E-state index in [1.807, 2.05) is 6.07 Å². The van der Waals surface area contributed by atoms with Gasteiger partial charge in [-0.1, -0.05) is 44.2 Å². The Morgan fingerprint density at radius 3 is 2.42 bits per heavy atom. The molecule has 2 saturated carbocycles. The lowest BCUT2D eigenvalue weighted by Gasteiger charge is -2.58. The van der Waals surface area contributed by atoms with Crippen LogP contribution in [-0.2, 0) is 16.6 Å². The van der Waals surface area contributed by atoms with Gasteiger partial charge in [0.25, 0.3) is 21.6 Å². The van der Waals surface area contributed by atoms with Crippen molar-refractivity contribution in [2.75, 3.05) is 63.7 Å². The maximum absolute atomic E-state index is 14.8. The Morgan fingerprint density at radius 2 is 1.69 bits per heavy atom. The van der Waals surface area contributed by atoms with Crippen molar-refractivity contribution in [1.82, 2.24) is 24.5 Å². The number of halogens is 1. The summed E-state index contributed by atoms with van der Waals surface area (Å²) in [6.07, 6.45) is 9.40. The molecule has 2 saturated heterocycles. The molecular formula is C58H69FN8O9S. The first-order valence-electron chi connectivity index (χ1n) is 26.7. The van der Waals surface area contributed by atoms with Crippen molar-refractivity contribution in [3.05, 3.63) is 136 Å². The number of carbonyl (C=O) groups is 1. The number of pyridine rings is 1. The normalized spacial score (nSPS) is 21.2. The molecule has 4 aliphatic rings. The van der Waals surface area contributed by atoms with Crippen molar-refractivity contribution < 1.29 is 41.8 Å². The molecule has 1 spiro atoms. The predicted molar refractivity (Wildman–Crippen MR) is 293 cm³/mol. The molecule has 4 heterocycles. The number of piperazine rings is 1. The number of rotatable bonds is 17. The number of nitro groups is 1. The van der Waals surface area contributed by atoms with Crippen LogP contribution in [0.15, 0.2) is 102 Å². The van der Waals surface area contributed by atoms with Crippen molar-refractivity contribution in [1.29, 1.82) is 0 Å². The van der Waals surface area contributed by atoms with Gasteiger partial charge in [0.1, 0.15) is 28.7 Å². The molecule has 0 radical (unpaired) electrons. The van der Waals surface area contributed by atoms with Crippen LogP contribution in [0.2, 0.25) is 0 Å². The molecule has 1 amide bonds. The number of piperidine rings is 1. The van der Waals surface area contributed by atoms with Crippen LogP contribution < -0.4 is 29.1 Å². The number of anilines is 2. The summed E-state index contributed by atoms with van der Waals surface area (Å²) < 4.78 is 62.0. The van der Waals surface area contributed by atoms with Gasteiger partial charge in [-0.15, -0.1) is 0 Å². The Hall–Kier alpha value is -6.80. The lowest BCUT2D eigenvalue weighted by molar-refractivity contribution is -0.384. The van der Waals surface area contributed by atoms with Crippen molar-refractivity contribution in [2.45, 2.75) is 107 Å². The summed E-state index contributed by atoms with van der Waals surface area (Å²) in [5.41, 5.74) is 4.02. The minimum Gasteiger partial charge on any atom is -0.493 e. The van der Waals surface area contributed by atoms with Crippen LogP contribution in [0.4, 0.5) is 21.5 Å². The van der Waals surface area contributed by atoms with Gasteiger partial charge in [-0.25, -0.2) is 22.5 Å². The lowest BCUT2D eigenvalue weighted by Crippen LogP contribution is -2.60. The molecule has 10 rings (SSSR count). The zero-order valence-electron chi connectivity index (χ0n) is 44.4. The van der Waals surface area contributed by atoms with Crippen LogP contribution in [-0.4, -0.2) is 109 Å². The van der Waals surface area contributed by atoms with Gasteiger partial charge in [0.05, 0.1) is 46.8 Å². The summed E-state index contributed by atoms with van der Waals surface area (Å²) in [5.74, 6) is 0.574. The zero-order chi connectivity index (χ0) is 54.2. The summed E-state index contributed by atoms with van der Waals surface area (Å²) >= 11 is 0. The topological polar surface area (TPSA) is 205 Å². The Morgan fingerprint density at radius 1 is 0.935 bits per heavy atom. The number of nitrogens with zero attached hydrogens (tertiary/aromatic N) is 5. The maximum atomic E-state index is 14.8. The predicted octanol–water partition coefficient (Wildman–Crippen LogP) is 10.3. The number of H-pyrrole nitrogens is 1. The Labute approximate surface area is 449 Å². The second-order valence-electron chi connectivity index (χ2n) is 22.2. The molecule has 2 aromatic heterocycles. The van der Waals surface area contributed by atoms with Crippen molar-refractivity contribution >= 4 is 44.0 Å². The summed E-state index contributed by atoms with van der Waals surface area (Å²) in [6.45, 7) is 11.9. The number of nitro benzene ring substituents is 1. The monoisotopic (exact) mass is 1070 g/mol. The van der Waals surface area contributed by atoms with Crippen LogP contribution in [0.25, 0.3) is 11.0 Å². The van der Waals surface area contributed by atoms with Crippen molar-refractivity contribution in [2.24, 2.45) is 11.3 Å². The van der Waals surface area contributed by atoms with E-state index in [-0.39, 0.29) is 45.5 Å². The SMILES string of the molecule is COc1ccc(CN2CCN(C3CC4(CCN(c5ccc(C(=O)NS(=O)(=O)c6ccc(NCC7CCC(C)(O)CC7)c([N+](=O)[O-])c6)c(Oc6cnc7[nH]cc(F)c7c6)c5)CC4)C3)[C@H](c3ccccc3C(C)C)C2)cc1OC. The highest BCUT2D eigenvalue weighted by atomic mass is 32.2. The van der Waals surface area contributed by atoms with E-state index in [2.05, 4.69) is 85.0 Å². The van der Waals surface area contributed by atoms with Gasteiger partial charge < -0.3 is 34.5 Å². The average Bonchev–Trinajstić information content (AvgIpc) is 3.82. The highest BCUT2D eigenvalue weighted by molar-refractivity contribution is 7.90. The quantitative estimate of drug-likeness (QED) is 0.0496. The van der Waals surface area contributed by atoms with E-state index in [1.54, 1.807) is 33.3 Å². The molecule has 2 aliphatic heterocycles. The summed E-state index contributed by atoms with van der Waals surface area (Å²) in [5, 5.41) is 25.9. The highest BCUT2D eigenvalue weighted by Gasteiger charge is 2.50. The van der Waals surface area contributed by atoms with Gasteiger partial charge in [0.15, 0.2) is 11.5 Å². The third kappa shape index (κ3) is 11.6. The standard InChI is InChI=1S/C58H69FN8O9S/c1-37(2)44-8-6-7-9-45(44)51-36-64(35-39-10-15-52(74-4)54(26-39)75-5)24-25-66(51)41-30-58(31-41)20-22-65(23-21-58)40-11-13-46(53(27-40)76-42-28-47-48(59)34-62-55(47)61-33-42)56(68)63-77(72,73)43-12-14-49(50(29-43)67(70)71)60-32-38-16-18-57(3,69)19-17-38/h6-15,26-29,33-34,37-38,41,51,60,69H,16-25,30-32,35-36H2,1-5H3,(H,61,62)(H,63,68)/t38?,51-,57?/m0/s1. The van der Waals surface area contributed by atoms with E-state index < -0.39 is 42.9 Å². The number of aromatic amines is 1. The van der Waals surface area contributed by atoms with Crippen LogP contribution in [0.5, 0.6) is 23.0 Å². The number of aromatic nitrogens is 2. The molecule has 4 fully saturated rings.